The minimum absolute atomic E-state index is 0.621. The smallest absolute Gasteiger partial charge is 0.137 e. The summed E-state index contributed by atoms with van der Waals surface area (Å²) < 4.78 is 6.01. The van der Waals surface area contributed by atoms with Gasteiger partial charge in [-0.05, 0) is 37.7 Å². The van der Waals surface area contributed by atoms with Gasteiger partial charge in [0.1, 0.15) is 11.3 Å². The highest BCUT2D eigenvalue weighted by atomic mass is 35.5. The van der Waals surface area contributed by atoms with E-state index >= 15 is 0 Å². The largest absolute Gasteiger partial charge is 0.459 e. The van der Waals surface area contributed by atoms with Gasteiger partial charge in [0.15, 0.2) is 0 Å². The van der Waals surface area contributed by atoms with E-state index in [4.69, 9.17) is 27.6 Å². The monoisotopic (exact) mass is 295 g/mol. The lowest BCUT2D eigenvalue weighted by molar-refractivity contribution is 0.506. The van der Waals surface area contributed by atoms with Crippen molar-refractivity contribution in [1.82, 2.24) is 5.32 Å². The molecule has 4 rings (SSSR count). The molecule has 0 radical (unpaired) electrons. The minimum Gasteiger partial charge on any atom is -0.459 e. The zero-order valence-electron chi connectivity index (χ0n) is 10.5. The van der Waals surface area contributed by atoms with E-state index in [1.807, 2.05) is 12.1 Å². The van der Waals surface area contributed by atoms with Gasteiger partial charge in [-0.2, -0.15) is 0 Å². The number of furan rings is 1. The van der Waals surface area contributed by atoms with Crippen LogP contribution in [0.15, 0.2) is 16.5 Å². The van der Waals surface area contributed by atoms with Gasteiger partial charge < -0.3 is 9.73 Å². The summed E-state index contributed by atoms with van der Waals surface area (Å²) in [5, 5.41) is 5.94. The van der Waals surface area contributed by atoms with Crippen LogP contribution in [0.2, 0.25) is 10.0 Å². The predicted molar refractivity (Wildman–Crippen MR) is 78.1 cm³/mol. The molecule has 0 saturated heterocycles. The van der Waals surface area contributed by atoms with Gasteiger partial charge in [0.25, 0.3) is 0 Å². The van der Waals surface area contributed by atoms with Crippen molar-refractivity contribution in [1.29, 1.82) is 0 Å². The standard InChI is InChI=1S/C15H15Cl2NO/c16-9-5-11(17)15-12(6-9)19-13(7-18-10-3-4-10)14(15)8-1-2-8/h5-6,8,10,18H,1-4,7H2. The first-order valence-electron chi connectivity index (χ1n) is 6.86. The first-order chi connectivity index (χ1) is 9.22. The summed E-state index contributed by atoms with van der Waals surface area (Å²) in [5.41, 5.74) is 2.14. The predicted octanol–water partition coefficient (Wildman–Crippen LogP) is 4.87. The van der Waals surface area contributed by atoms with Gasteiger partial charge >= 0.3 is 0 Å². The molecule has 2 aliphatic rings. The van der Waals surface area contributed by atoms with Crippen LogP contribution < -0.4 is 5.32 Å². The van der Waals surface area contributed by atoms with E-state index in [-0.39, 0.29) is 0 Å². The van der Waals surface area contributed by atoms with Crippen LogP contribution in [0.4, 0.5) is 0 Å². The Kier molecular flexibility index (Phi) is 2.80. The maximum Gasteiger partial charge on any atom is 0.137 e. The fourth-order valence-electron chi connectivity index (χ4n) is 2.68. The summed E-state index contributed by atoms with van der Waals surface area (Å²) in [4.78, 5) is 0. The van der Waals surface area contributed by atoms with Gasteiger partial charge in [-0.3, -0.25) is 0 Å². The second kappa shape index (κ2) is 4.41. The van der Waals surface area contributed by atoms with Gasteiger partial charge in [0.05, 0.1) is 11.6 Å². The summed E-state index contributed by atoms with van der Waals surface area (Å²) in [6.07, 6.45) is 5.05. The molecule has 2 fully saturated rings. The van der Waals surface area contributed by atoms with Crippen molar-refractivity contribution in [2.75, 3.05) is 0 Å². The first-order valence-corrected chi connectivity index (χ1v) is 7.61. The normalized spacial score (nSPS) is 19.3. The highest BCUT2D eigenvalue weighted by molar-refractivity contribution is 6.38. The van der Waals surface area contributed by atoms with E-state index in [9.17, 15) is 0 Å². The second-order valence-corrected chi connectivity index (χ2v) is 6.47. The lowest BCUT2D eigenvalue weighted by atomic mass is 10.1. The van der Waals surface area contributed by atoms with Crippen LogP contribution in [0.5, 0.6) is 0 Å². The van der Waals surface area contributed by atoms with E-state index in [0.717, 1.165) is 23.3 Å². The Balaban J connectivity index is 1.81. The molecule has 2 nitrogen and oxygen atoms in total. The SMILES string of the molecule is Clc1cc(Cl)c2c(C3CC3)c(CNC3CC3)oc2c1. The van der Waals surface area contributed by atoms with E-state index < -0.39 is 0 Å². The second-order valence-electron chi connectivity index (χ2n) is 5.63. The van der Waals surface area contributed by atoms with E-state index in [1.165, 1.54) is 31.2 Å². The molecule has 4 heteroatoms. The van der Waals surface area contributed by atoms with E-state index in [2.05, 4.69) is 5.32 Å². The summed E-state index contributed by atoms with van der Waals surface area (Å²) in [6.45, 7) is 0.805. The number of benzene rings is 1. The highest BCUT2D eigenvalue weighted by Gasteiger charge is 2.32. The Labute approximate surface area is 122 Å². The molecule has 1 aromatic carbocycles. The zero-order chi connectivity index (χ0) is 13.0. The molecule has 19 heavy (non-hydrogen) atoms. The van der Waals surface area contributed by atoms with Gasteiger partial charge in [-0.15, -0.1) is 0 Å². The highest BCUT2D eigenvalue weighted by Crippen LogP contribution is 2.48. The molecule has 0 spiro atoms. The average Bonchev–Trinajstić information content (AvgIpc) is 3.25. The maximum absolute atomic E-state index is 6.36. The Morgan fingerprint density at radius 1 is 1.16 bits per heavy atom. The summed E-state index contributed by atoms with van der Waals surface area (Å²) >= 11 is 12.4. The Hall–Kier alpha value is -0.700. The molecule has 2 saturated carbocycles. The molecule has 0 unspecified atom stereocenters. The van der Waals surface area contributed by atoms with Crippen molar-refractivity contribution in [3.8, 4) is 0 Å². The van der Waals surface area contributed by atoms with E-state index in [0.29, 0.717) is 22.0 Å². The molecule has 0 aliphatic heterocycles. The molecular weight excluding hydrogens is 281 g/mol. The van der Waals surface area contributed by atoms with Crippen molar-refractivity contribution < 1.29 is 4.42 Å². The third-order valence-electron chi connectivity index (χ3n) is 3.94. The molecule has 0 atom stereocenters. The van der Waals surface area contributed by atoms with Crippen molar-refractivity contribution in [3.05, 3.63) is 33.5 Å². The first kappa shape index (κ1) is 12.1. The molecular formula is C15H15Cl2NO. The number of hydrogen-bond acceptors (Lipinski definition) is 2. The number of nitrogens with one attached hydrogen (secondary N) is 1. The Bertz CT molecular complexity index is 641. The minimum atomic E-state index is 0.621. The molecule has 0 bridgehead atoms. The van der Waals surface area contributed by atoms with Crippen molar-refractivity contribution >= 4 is 34.2 Å². The molecule has 1 aromatic heterocycles. The molecule has 1 N–H and O–H groups in total. The topological polar surface area (TPSA) is 25.2 Å². The average molecular weight is 296 g/mol. The fourth-order valence-corrected chi connectivity index (χ4v) is 3.26. The quantitative estimate of drug-likeness (QED) is 0.870. The Morgan fingerprint density at radius 2 is 1.95 bits per heavy atom. The molecule has 2 aromatic rings. The summed E-state index contributed by atoms with van der Waals surface area (Å²) in [7, 11) is 0. The number of halogens is 2. The van der Waals surface area contributed by atoms with Crippen LogP contribution in [0, 0.1) is 0 Å². The molecule has 1 heterocycles. The molecule has 100 valence electrons. The zero-order valence-corrected chi connectivity index (χ0v) is 12.0. The lowest BCUT2D eigenvalue weighted by Gasteiger charge is -2.03. The third-order valence-corrected chi connectivity index (χ3v) is 4.45. The Morgan fingerprint density at radius 3 is 2.63 bits per heavy atom. The van der Waals surface area contributed by atoms with Gasteiger partial charge in [0, 0.05) is 28.1 Å². The lowest BCUT2D eigenvalue weighted by Crippen LogP contribution is -2.15. The van der Waals surface area contributed by atoms with Crippen LogP contribution >= 0.6 is 23.2 Å². The molecule has 0 amide bonds. The summed E-state index contributed by atoms with van der Waals surface area (Å²) in [5.74, 6) is 1.67. The van der Waals surface area contributed by atoms with Gasteiger partial charge in [-0.1, -0.05) is 23.2 Å². The van der Waals surface area contributed by atoms with Crippen LogP contribution in [0.3, 0.4) is 0 Å². The van der Waals surface area contributed by atoms with Crippen molar-refractivity contribution in [2.24, 2.45) is 0 Å². The van der Waals surface area contributed by atoms with Crippen molar-refractivity contribution in [2.45, 2.75) is 44.2 Å². The van der Waals surface area contributed by atoms with E-state index in [1.54, 1.807) is 0 Å². The fraction of sp³-hybridized carbons (Fsp3) is 0.467. The van der Waals surface area contributed by atoms with Crippen LogP contribution in [-0.2, 0) is 6.54 Å². The maximum atomic E-state index is 6.36. The number of hydrogen-bond donors (Lipinski definition) is 1. The third kappa shape index (κ3) is 2.26. The van der Waals surface area contributed by atoms with Gasteiger partial charge in [-0.25, -0.2) is 0 Å². The number of rotatable bonds is 4. The number of fused-ring (bicyclic) bond motifs is 1. The molecule has 2 aliphatic carbocycles. The van der Waals surface area contributed by atoms with Crippen LogP contribution in [-0.4, -0.2) is 6.04 Å². The van der Waals surface area contributed by atoms with Crippen molar-refractivity contribution in [3.63, 3.8) is 0 Å². The summed E-state index contributed by atoms with van der Waals surface area (Å²) in [6, 6.07) is 4.36. The van der Waals surface area contributed by atoms with Gasteiger partial charge in [0.2, 0.25) is 0 Å². The van der Waals surface area contributed by atoms with Crippen LogP contribution in [0.1, 0.15) is 42.9 Å². The van der Waals surface area contributed by atoms with Crippen LogP contribution in [0.25, 0.3) is 11.0 Å².